The van der Waals surface area contributed by atoms with Gasteiger partial charge in [0.2, 0.25) is 0 Å². The van der Waals surface area contributed by atoms with E-state index in [2.05, 4.69) is 0 Å². The van der Waals surface area contributed by atoms with Crippen molar-refractivity contribution in [1.29, 1.82) is 0 Å². The molecule has 0 aliphatic rings. The molecule has 9 heteroatoms. The maximum absolute atomic E-state index is 11.4. The van der Waals surface area contributed by atoms with Gasteiger partial charge in [0.25, 0.3) is 0 Å². The summed E-state index contributed by atoms with van der Waals surface area (Å²) in [7, 11) is 0. The minimum Gasteiger partial charge on any atom is -0.508 e. The second-order valence-corrected chi connectivity index (χ2v) is 4.66. The standard InChI is InChI=1S/C14H16N6O3/c15-13(22)19(17)9-3-6-11(8-1-4-10(21)5-2-8)12(7-9)20(18)14(16)23/h1-7,21H,17-18H2,(H2,15,22)(H2,16,23). The van der Waals surface area contributed by atoms with Crippen molar-refractivity contribution < 1.29 is 14.7 Å². The summed E-state index contributed by atoms with van der Waals surface area (Å²) in [5, 5.41) is 10.8. The van der Waals surface area contributed by atoms with Crippen molar-refractivity contribution in [2.24, 2.45) is 23.2 Å². The molecule has 0 heterocycles. The van der Waals surface area contributed by atoms with Gasteiger partial charge in [-0.2, -0.15) is 0 Å². The lowest BCUT2D eigenvalue weighted by molar-refractivity contribution is 0.253. The van der Waals surface area contributed by atoms with E-state index in [4.69, 9.17) is 23.2 Å². The Morgan fingerprint density at radius 1 is 0.870 bits per heavy atom. The summed E-state index contributed by atoms with van der Waals surface area (Å²) in [6, 6.07) is 8.99. The van der Waals surface area contributed by atoms with E-state index in [-0.39, 0.29) is 17.1 Å². The van der Waals surface area contributed by atoms with Crippen molar-refractivity contribution in [3.05, 3.63) is 42.5 Å². The number of hydrogen-bond acceptors (Lipinski definition) is 5. The average molecular weight is 316 g/mol. The highest BCUT2D eigenvalue weighted by molar-refractivity contribution is 5.97. The summed E-state index contributed by atoms with van der Waals surface area (Å²) in [6.45, 7) is 0. The third kappa shape index (κ3) is 3.31. The minimum atomic E-state index is -0.898. The number of phenolic OH excluding ortho intramolecular Hbond substituents is 1. The molecular weight excluding hydrogens is 300 g/mol. The fourth-order valence-corrected chi connectivity index (χ4v) is 2.00. The van der Waals surface area contributed by atoms with Crippen LogP contribution in [0.5, 0.6) is 5.75 Å². The number of phenols is 1. The topological polar surface area (TPSA) is 165 Å². The first kappa shape index (κ1) is 16.1. The normalized spacial score (nSPS) is 10.2. The maximum atomic E-state index is 11.4. The van der Waals surface area contributed by atoms with E-state index in [1.165, 1.54) is 24.3 Å². The number of urea groups is 2. The van der Waals surface area contributed by atoms with Crippen LogP contribution in [0, 0.1) is 0 Å². The van der Waals surface area contributed by atoms with Crippen molar-refractivity contribution in [3.63, 3.8) is 0 Å². The number of hydrogen-bond donors (Lipinski definition) is 5. The van der Waals surface area contributed by atoms with Gasteiger partial charge in [0.1, 0.15) is 5.75 Å². The van der Waals surface area contributed by atoms with E-state index >= 15 is 0 Å². The molecule has 120 valence electrons. The van der Waals surface area contributed by atoms with Gasteiger partial charge >= 0.3 is 12.1 Å². The molecule has 9 nitrogen and oxygen atoms in total. The number of aromatic hydroxyl groups is 1. The molecule has 0 saturated heterocycles. The van der Waals surface area contributed by atoms with Gasteiger partial charge in [0, 0.05) is 5.56 Å². The lowest BCUT2D eigenvalue weighted by atomic mass is 10.0. The number of carbonyl (C=O) groups is 2. The van der Waals surface area contributed by atoms with Crippen LogP contribution in [0.15, 0.2) is 42.5 Å². The zero-order chi connectivity index (χ0) is 17.1. The number of nitrogens with two attached hydrogens (primary N) is 4. The molecule has 2 aromatic rings. The largest absolute Gasteiger partial charge is 0.508 e. The molecule has 0 bridgehead atoms. The van der Waals surface area contributed by atoms with Gasteiger partial charge in [0.05, 0.1) is 11.4 Å². The van der Waals surface area contributed by atoms with Gasteiger partial charge in [-0.15, -0.1) is 0 Å². The Labute approximate surface area is 131 Å². The van der Waals surface area contributed by atoms with Gasteiger partial charge in [-0.05, 0) is 29.8 Å². The van der Waals surface area contributed by atoms with Crippen molar-refractivity contribution in [2.45, 2.75) is 0 Å². The molecule has 0 unspecified atom stereocenters. The molecule has 0 aliphatic carbocycles. The Balaban J connectivity index is 2.59. The van der Waals surface area contributed by atoms with E-state index in [0.29, 0.717) is 16.1 Å². The van der Waals surface area contributed by atoms with Gasteiger partial charge in [-0.25, -0.2) is 31.3 Å². The lowest BCUT2D eigenvalue weighted by Gasteiger charge is -2.21. The molecule has 2 rings (SSSR count). The Bertz CT molecular complexity index is 747. The van der Waals surface area contributed by atoms with Crippen LogP contribution in [0.25, 0.3) is 11.1 Å². The maximum Gasteiger partial charge on any atom is 0.333 e. The van der Waals surface area contributed by atoms with Gasteiger partial charge in [0.15, 0.2) is 0 Å². The fourth-order valence-electron chi connectivity index (χ4n) is 2.00. The molecule has 0 fully saturated rings. The van der Waals surface area contributed by atoms with E-state index in [1.54, 1.807) is 18.2 Å². The zero-order valence-corrected chi connectivity index (χ0v) is 12.0. The predicted molar refractivity (Wildman–Crippen MR) is 86.0 cm³/mol. The predicted octanol–water partition coefficient (Wildman–Crippen LogP) is 0.577. The first-order valence-corrected chi connectivity index (χ1v) is 6.43. The first-order chi connectivity index (χ1) is 10.8. The number of primary amides is 2. The molecule has 0 atom stereocenters. The molecule has 0 aliphatic heterocycles. The van der Waals surface area contributed by atoms with Crippen LogP contribution >= 0.6 is 0 Å². The molecule has 0 saturated carbocycles. The number of hydrazine groups is 2. The molecule has 2 aromatic carbocycles. The summed E-state index contributed by atoms with van der Waals surface area (Å²) >= 11 is 0. The number of amides is 4. The highest BCUT2D eigenvalue weighted by Crippen LogP contribution is 2.33. The highest BCUT2D eigenvalue weighted by atomic mass is 16.3. The molecular formula is C14H16N6O3. The van der Waals surface area contributed by atoms with Crippen LogP contribution < -0.4 is 33.2 Å². The number of carbonyl (C=O) groups excluding carboxylic acids is 2. The Kier molecular flexibility index (Phi) is 4.35. The summed E-state index contributed by atoms with van der Waals surface area (Å²) in [4.78, 5) is 22.6. The molecule has 4 amide bonds. The van der Waals surface area contributed by atoms with E-state index in [1.807, 2.05) is 0 Å². The second-order valence-electron chi connectivity index (χ2n) is 4.66. The highest BCUT2D eigenvalue weighted by Gasteiger charge is 2.17. The van der Waals surface area contributed by atoms with Crippen molar-refractivity contribution in [2.75, 3.05) is 10.0 Å². The van der Waals surface area contributed by atoms with Gasteiger partial charge in [-0.3, -0.25) is 0 Å². The van der Waals surface area contributed by atoms with Crippen LogP contribution in [0.2, 0.25) is 0 Å². The molecule has 9 N–H and O–H groups in total. The monoisotopic (exact) mass is 316 g/mol. The summed E-state index contributed by atoms with van der Waals surface area (Å²) in [5.74, 6) is 11.3. The number of nitrogens with zero attached hydrogens (tertiary/aromatic N) is 2. The minimum absolute atomic E-state index is 0.0910. The average Bonchev–Trinajstić information content (AvgIpc) is 2.53. The quantitative estimate of drug-likeness (QED) is 0.317. The fraction of sp³-hybridized carbons (Fsp3) is 0. The van der Waals surface area contributed by atoms with Crippen LogP contribution in [0.3, 0.4) is 0 Å². The number of benzene rings is 2. The SMILES string of the molecule is NC(=O)N(N)c1ccc(-c2ccc(O)cc2)c(N(N)C(N)=O)c1. The third-order valence-corrected chi connectivity index (χ3v) is 3.17. The zero-order valence-electron chi connectivity index (χ0n) is 12.0. The van der Waals surface area contributed by atoms with E-state index in [0.717, 1.165) is 5.01 Å². The van der Waals surface area contributed by atoms with Crippen LogP contribution in [-0.4, -0.2) is 17.2 Å². The molecule has 23 heavy (non-hydrogen) atoms. The molecule has 0 aromatic heterocycles. The third-order valence-electron chi connectivity index (χ3n) is 3.17. The number of anilines is 2. The first-order valence-electron chi connectivity index (χ1n) is 6.43. The van der Waals surface area contributed by atoms with Crippen molar-refractivity contribution >= 4 is 23.4 Å². The van der Waals surface area contributed by atoms with Crippen LogP contribution in [0.4, 0.5) is 21.0 Å². The van der Waals surface area contributed by atoms with Gasteiger partial charge in [-0.1, -0.05) is 18.2 Å². The lowest BCUT2D eigenvalue weighted by Crippen LogP contribution is -2.43. The van der Waals surface area contributed by atoms with Crippen molar-refractivity contribution in [3.8, 4) is 16.9 Å². The molecule has 0 spiro atoms. The van der Waals surface area contributed by atoms with Crippen molar-refractivity contribution in [1.82, 2.24) is 0 Å². The Hall–Kier alpha value is -3.30. The van der Waals surface area contributed by atoms with E-state index in [9.17, 15) is 14.7 Å². The Morgan fingerprint density at radius 3 is 1.96 bits per heavy atom. The van der Waals surface area contributed by atoms with E-state index < -0.39 is 12.1 Å². The van der Waals surface area contributed by atoms with Crippen LogP contribution in [0.1, 0.15) is 0 Å². The summed E-state index contributed by atoms with van der Waals surface area (Å²) < 4.78 is 0. The Morgan fingerprint density at radius 2 is 1.43 bits per heavy atom. The summed E-state index contributed by atoms with van der Waals surface area (Å²) in [5.41, 5.74) is 12.0. The smallest absolute Gasteiger partial charge is 0.333 e. The molecule has 0 radical (unpaired) electrons. The second kappa shape index (κ2) is 6.22. The number of rotatable bonds is 3. The van der Waals surface area contributed by atoms with Gasteiger partial charge < -0.3 is 16.6 Å². The summed E-state index contributed by atoms with van der Waals surface area (Å²) in [6.07, 6.45) is 0. The van der Waals surface area contributed by atoms with Crippen LogP contribution in [-0.2, 0) is 0 Å².